The SMILES string of the molecule is C[C@@H]1[C@@H](CS(C)(=O)=O)CN1c1nc(N)cc2ccccc12. The summed E-state index contributed by atoms with van der Waals surface area (Å²) in [5.41, 5.74) is 5.89. The van der Waals surface area contributed by atoms with Gasteiger partial charge in [-0.3, -0.25) is 0 Å². The summed E-state index contributed by atoms with van der Waals surface area (Å²) < 4.78 is 22.9. The van der Waals surface area contributed by atoms with Crippen molar-refractivity contribution in [2.45, 2.75) is 13.0 Å². The molecule has 1 aromatic heterocycles. The Bertz CT molecular complexity index is 789. The average Bonchev–Trinajstić information content (AvgIpc) is 2.41. The summed E-state index contributed by atoms with van der Waals surface area (Å²) in [7, 11) is -2.95. The number of benzene rings is 1. The van der Waals surface area contributed by atoms with E-state index in [1.807, 2.05) is 37.3 Å². The largest absolute Gasteiger partial charge is 0.384 e. The summed E-state index contributed by atoms with van der Waals surface area (Å²) in [6.45, 7) is 2.74. The smallest absolute Gasteiger partial charge is 0.147 e. The first kappa shape index (κ1) is 14.1. The lowest BCUT2D eigenvalue weighted by Gasteiger charge is -2.47. The van der Waals surface area contributed by atoms with Crippen molar-refractivity contribution in [3.8, 4) is 0 Å². The number of aromatic nitrogens is 1. The molecule has 0 spiro atoms. The fourth-order valence-electron chi connectivity index (χ4n) is 2.97. The van der Waals surface area contributed by atoms with E-state index in [2.05, 4.69) is 9.88 Å². The Balaban J connectivity index is 1.93. The van der Waals surface area contributed by atoms with Crippen molar-refractivity contribution in [1.82, 2.24) is 4.98 Å². The Labute approximate surface area is 124 Å². The molecule has 2 aromatic rings. The molecule has 112 valence electrons. The molecule has 21 heavy (non-hydrogen) atoms. The van der Waals surface area contributed by atoms with Crippen LogP contribution in [0.25, 0.3) is 10.8 Å². The Kier molecular flexibility index (Phi) is 3.28. The first-order valence-corrected chi connectivity index (χ1v) is 9.01. The van der Waals surface area contributed by atoms with E-state index in [-0.39, 0.29) is 17.7 Å². The van der Waals surface area contributed by atoms with Gasteiger partial charge in [0.2, 0.25) is 0 Å². The van der Waals surface area contributed by atoms with E-state index in [1.165, 1.54) is 6.26 Å². The van der Waals surface area contributed by atoms with Crippen LogP contribution in [0, 0.1) is 5.92 Å². The van der Waals surface area contributed by atoms with Gasteiger partial charge in [-0.25, -0.2) is 13.4 Å². The zero-order valence-corrected chi connectivity index (χ0v) is 13.0. The van der Waals surface area contributed by atoms with Crippen LogP contribution in [-0.2, 0) is 9.84 Å². The minimum absolute atomic E-state index is 0.150. The van der Waals surface area contributed by atoms with E-state index in [4.69, 9.17) is 5.73 Å². The Morgan fingerprint density at radius 1 is 1.38 bits per heavy atom. The summed E-state index contributed by atoms with van der Waals surface area (Å²) in [6.07, 6.45) is 1.29. The highest BCUT2D eigenvalue weighted by atomic mass is 32.2. The van der Waals surface area contributed by atoms with E-state index in [0.717, 1.165) is 16.6 Å². The topological polar surface area (TPSA) is 76.3 Å². The van der Waals surface area contributed by atoms with Gasteiger partial charge in [-0.15, -0.1) is 0 Å². The number of nitrogen functional groups attached to an aromatic ring is 1. The van der Waals surface area contributed by atoms with Crippen LogP contribution in [-0.4, -0.2) is 38.0 Å². The molecule has 6 heteroatoms. The maximum atomic E-state index is 11.4. The lowest BCUT2D eigenvalue weighted by molar-refractivity contribution is 0.339. The highest BCUT2D eigenvalue weighted by molar-refractivity contribution is 7.90. The highest BCUT2D eigenvalue weighted by Gasteiger charge is 2.38. The maximum Gasteiger partial charge on any atom is 0.147 e. The van der Waals surface area contributed by atoms with E-state index in [9.17, 15) is 8.42 Å². The van der Waals surface area contributed by atoms with Gasteiger partial charge in [-0.2, -0.15) is 0 Å². The summed E-state index contributed by atoms with van der Waals surface area (Å²) in [5.74, 6) is 1.72. The third-order valence-corrected chi connectivity index (χ3v) is 5.17. The Morgan fingerprint density at radius 2 is 2.10 bits per heavy atom. The molecule has 2 heterocycles. The van der Waals surface area contributed by atoms with Crippen molar-refractivity contribution in [2.75, 3.05) is 29.2 Å². The molecule has 0 amide bonds. The second-order valence-electron chi connectivity index (χ2n) is 5.84. The molecular formula is C15H19N3O2S. The normalized spacial score (nSPS) is 22.3. The van der Waals surface area contributed by atoms with Gasteiger partial charge in [0.15, 0.2) is 0 Å². The Morgan fingerprint density at radius 3 is 2.76 bits per heavy atom. The second-order valence-corrected chi connectivity index (χ2v) is 8.02. The number of pyridine rings is 1. The molecule has 0 bridgehead atoms. The molecule has 5 nitrogen and oxygen atoms in total. The first-order chi connectivity index (χ1) is 9.85. The molecule has 1 aliphatic heterocycles. The first-order valence-electron chi connectivity index (χ1n) is 6.95. The van der Waals surface area contributed by atoms with Crippen molar-refractivity contribution in [1.29, 1.82) is 0 Å². The van der Waals surface area contributed by atoms with Crippen LogP contribution in [0.1, 0.15) is 6.92 Å². The third kappa shape index (κ3) is 2.68. The Hall–Kier alpha value is -1.82. The van der Waals surface area contributed by atoms with Crippen LogP contribution >= 0.6 is 0 Å². The zero-order chi connectivity index (χ0) is 15.2. The van der Waals surface area contributed by atoms with Gasteiger partial charge in [-0.1, -0.05) is 24.3 Å². The van der Waals surface area contributed by atoms with Crippen LogP contribution in [0.4, 0.5) is 11.6 Å². The molecule has 0 aliphatic carbocycles. The molecule has 1 fully saturated rings. The number of hydrogen-bond acceptors (Lipinski definition) is 5. The number of nitrogens with zero attached hydrogens (tertiary/aromatic N) is 2. The zero-order valence-electron chi connectivity index (χ0n) is 12.2. The number of fused-ring (bicyclic) bond motifs is 1. The summed E-state index contributed by atoms with van der Waals surface area (Å²) in [6, 6.07) is 9.98. The molecule has 0 radical (unpaired) electrons. The lowest BCUT2D eigenvalue weighted by atomic mass is 9.91. The average molecular weight is 305 g/mol. The lowest BCUT2D eigenvalue weighted by Crippen LogP contribution is -2.57. The van der Waals surface area contributed by atoms with Gasteiger partial charge in [0.25, 0.3) is 0 Å². The minimum atomic E-state index is -2.95. The molecule has 1 aromatic carbocycles. The van der Waals surface area contributed by atoms with Crippen molar-refractivity contribution in [3.63, 3.8) is 0 Å². The van der Waals surface area contributed by atoms with Gasteiger partial charge in [0, 0.05) is 30.1 Å². The van der Waals surface area contributed by atoms with Crippen molar-refractivity contribution in [2.24, 2.45) is 5.92 Å². The van der Waals surface area contributed by atoms with Crippen LogP contribution in [0.3, 0.4) is 0 Å². The molecule has 0 saturated carbocycles. The highest BCUT2D eigenvalue weighted by Crippen LogP contribution is 2.35. The molecule has 3 rings (SSSR count). The monoisotopic (exact) mass is 305 g/mol. The van der Waals surface area contributed by atoms with E-state index in [1.54, 1.807) is 0 Å². The van der Waals surface area contributed by atoms with Gasteiger partial charge >= 0.3 is 0 Å². The third-order valence-electron chi connectivity index (χ3n) is 4.13. The predicted octanol–water partition coefficient (Wildman–Crippen LogP) is 1.69. The molecular weight excluding hydrogens is 286 g/mol. The van der Waals surface area contributed by atoms with Crippen LogP contribution < -0.4 is 10.6 Å². The maximum absolute atomic E-state index is 11.4. The number of sulfone groups is 1. The van der Waals surface area contributed by atoms with Crippen LogP contribution in [0.2, 0.25) is 0 Å². The standard InChI is InChI=1S/C15H19N3O2S/c1-10-12(9-21(2,19)20)8-18(10)15-13-6-4-3-5-11(13)7-14(16)17-15/h3-7,10,12H,8-9H2,1-2H3,(H2,16,17)/t10-,12-/m1/s1. The predicted molar refractivity (Wildman–Crippen MR) is 86.2 cm³/mol. The fourth-order valence-corrected chi connectivity index (χ4v) is 4.13. The molecule has 2 atom stereocenters. The van der Waals surface area contributed by atoms with E-state index < -0.39 is 9.84 Å². The van der Waals surface area contributed by atoms with Crippen molar-refractivity contribution < 1.29 is 8.42 Å². The number of rotatable bonds is 3. The fraction of sp³-hybridized carbons (Fsp3) is 0.400. The number of nitrogens with two attached hydrogens (primary N) is 1. The van der Waals surface area contributed by atoms with Crippen LogP contribution in [0.5, 0.6) is 0 Å². The molecule has 1 aliphatic rings. The van der Waals surface area contributed by atoms with Gasteiger partial charge in [0.05, 0.1) is 5.75 Å². The number of hydrogen-bond donors (Lipinski definition) is 1. The van der Waals surface area contributed by atoms with Gasteiger partial charge in [-0.05, 0) is 18.4 Å². The second kappa shape index (κ2) is 4.87. The molecule has 1 saturated heterocycles. The van der Waals surface area contributed by atoms with Crippen molar-refractivity contribution in [3.05, 3.63) is 30.3 Å². The van der Waals surface area contributed by atoms with E-state index in [0.29, 0.717) is 12.4 Å². The van der Waals surface area contributed by atoms with E-state index >= 15 is 0 Å². The number of anilines is 2. The van der Waals surface area contributed by atoms with Gasteiger partial charge in [0.1, 0.15) is 21.5 Å². The summed E-state index contributed by atoms with van der Waals surface area (Å²) >= 11 is 0. The summed E-state index contributed by atoms with van der Waals surface area (Å²) in [4.78, 5) is 6.59. The van der Waals surface area contributed by atoms with Crippen molar-refractivity contribution >= 4 is 32.2 Å². The van der Waals surface area contributed by atoms with Gasteiger partial charge < -0.3 is 10.6 Å². The molecule has 2 N–H and O–H groups in total. The quantitative estimate of drug-likeness (QED) is 0.934. The van der Waals surface area contributed by atoms with Crippen LogP contribution in [0.15, 0.2) is 30.3 Å². The molecule has 0 unspecified atom stereocenters. The minimum Gasteiger partial charge on any atom is -0.384 e. The summed E-state index contributed by atoms with van der Waals surface area (Å²) in [5, 5.41) is 2.11.